The molecular weight excluding hydrogens is 276 g/mol. The summed E-state index contributed by atoms with van der Waals surface area (Å²) in [6.07, 6.45) is 1.81. The summed E-state index contributed by atoms with van der Waals surface area (Å²) in [4.78, 5) is 0.137. The molecule has 20 heavy (non-hydrogen) atoms. The van der Waals surface area contributed by atoms with Crippen LogP contribution in [-0.4, -0.2) is 25.2 Å². The maximum atomic E-state index is 11.7. The van der Waals surface area contributed by atoms with Crippen molar-refractivity contribution in [1.29, 1.82) is 0 Å². The highest BCUT2D eigenvalue weighted by molar-refractivity contribution is 7.89. The smallest absolute Gasteiger partial charge is 0.240 e. The van der Waals surface area contributed by atoms with Gasteiger partial charge in [0.1, 0.15) is 0 Å². The second-order valence-corrected chi connectivity index (χ2v) is 6.65. The summed E-state index contributed by atoms with van der Waals surface area (Å²) in [6.45, 7) is 4.11. The molecule has 1 aromatic heterocycles. The van der Waals surface area contributed by atoms with Crippen molar-refractivity contribution in [2.75, 3.05) is 12.8 Å². The van der Waals surface area contributed by atoms with Crippen molar-refractivity contribution in [2.45, 2.75) is 24.7 Å². The maximum Gasteiger partial charge on any atom is 0.240 e. The lowest BCUT2D eigenvalue weighted by molar-refractivity contribution is 0.588. The van der Waals surface area contributed by atoms with Gasteiger partial charge in [-0.3, -0.25) is 0 Å². The fraction of sp³-hybridized carbons (Fsp3) is 0.308. The first-order valence-electron chi connectivity index (χ1n) is 6.24. The topological polar surface area (TPSA) is 90.0 Å². The molecule has 0 aliphatic rings. The van der Waals surface area contributed by atoms with Crippen molar-refractivity contribution < 1.29 is 8.42 Å². The second-order valence-electron chi connectivity index (χ2n) is 4.77. The first-order chi connectivity index (χ1) is 9.35. The average molecular weight is 294 g/mol. The lowest BCUT2D eigenvalue weighted by Gasteiger charge is -2.09. The van der Waals surface area contributed by atoms with E-state index in [-0.39, 0.29) is 4.90 Å². The molecule has 0 atom stereocenters. The Morgan fingerprint density at radius 2 is 2.00 bits per heavy atom. The van der Waals surface area contributed by atoms with E-state index in [1.54, 1.807) is 10.7 Å². The van der Waals surface area contributed by atoms with Crippen LogP contribution in [0.5, 0.6) is 0 Å². The Morgan fingerprint density at radius 1 is 1.30 bits per heavy atom. The van der Waals surface area contributed by atoms with Crippen molar-refractivity contribution in [3.8, 4) is 5.69 Å². The van der Waals surface area contributed by atoms with Crippen LogP contribution in [0.25, 0.3) is 5.69 Å². The first-order valence-corrected chi connectivity index (χ1v) is 7.72. The Balaban J connectivity index is 2.44. The number of benzene rings is 1. The zero-order valence-corrected chi connectivity index (χ0v) is 12.5. The predicted octanol–water partition coefficient (Wildman–Crippen LogP) is 1.49. The third-order valence-corrected chi connectivity index (χ3v) is 4.44. The van der Waals surface area contributed by atoms with Gasteiger partial charge in [-0.1, -0.05) is 13.8 Å². The highest BCUT2D eigenvalue weighted by Gasteiger charge is 2.14. The van der Waals surface area contributed by atoms with Crippen LogP contribution < -0.4 is 10.5 Å². The summed E-state index contributed by atoms with van der Waals surface area (Å²) in [5.41, 5.74) is 7.91. The van der Waals surface area contributed by atoms with Crippen LogP contribution in [-0.2, 0) is 10.0 Å². The van der Waals surface area contributed by atoms with E-state index in [1.807, 2.05) is 12.3 Å². The molecule has 1 heterocycles. The molecule has 0 saturated carbocycles. The number of aromatic nitrogens is 2. The van der Waals surface area contributed by atoms with E-state index in [2.05, 4.69) is 23.7 Å². The van der Waals surface area contributed by atoms with Gasteiger partial charge in [0.2, 0.25) is 10.0 Å². The Bertz CT molecular complexity index is 720. The minimum atomic E-state index is -3.49. The van der Waals surface area contributed by atoms with Crippen LogP contribution in [0.2, 0.25) is 0 Å². The zero-order valence-electron chi connectivity index (χ0n) is 11.7. The molecule has 2 aromatic rings. The molecule has 108 valence electrons. The van der Waals surface area contributed by atoms with Gasteiger partial charge in [0.25, 0.3) is 0 Å². The van der Waals surface area contributed by atoms with E-state index in [1.165, 1.54) is 19.2 Å². The number of hydrogen-bond donors (Lipinski definition) is 2. The van der Waals surface area contributed by atoms with Gasteiger partial charge in [-0.25, -0.2) is 17.8 Å². The van der Waals surface area contributed by atoms with Crippen molar-refractivity contribution >= 4 is 15.7 Å². The molecular formula is C13H18N4O2S. The standard InChI is InChI=1S/C13H18N4O2S/c1-9(2)12-6-7-17(16-12)13-5-4-10(8-11(13)14)20(18,19)15-3/h4-9,15H,14H2,1-3H3. The molecule has 0 aliphatic heterocycles. The summed E-state index contributed by atoms with van der Waals surface area (Å²) in [6, 6.07) is 6.51. The highest BCUT2D eigenvalue weighted by Crippen LogP contribution is 2.22. The van der Waals surface area contributed by atoms with Crippen LogP contribution in [0.3, 0.4) is 0 Å². The van der Waals surface area contributed by atoms with Gasteiger partial charge in [0.15, 0.2) is 0 Å². The molecule has 0 unspecified atom stereocenters. The van der Waals surface area contributed by atoms with Crippen molar-refractivity contribution in [1.82, 2.24) is 14.5 Å². The number of nitrogens with zero attached hydrogens (tertiary/aromatic N) is 2. The molecule has 0 aliphatic carbocycles. The third-order valence-electron chi connectivity index (χ3n) is 3.03. The van der Waals surface area contributed by atoms with Gasteiger partial charge < -0.3 is 5.73 Å². The molecule has 0 amide bonds. The van der Waals surface area contributed by atoms with Gasteiger partial charge >= 0.3 is 0 Å². The van der Waals surface area contributed by atoms with E-state index >= 15 is 0 Å². The molecule has 0 radical (unpaired) electrons. The summed E-state index contributed by atoms with van der Waals surface area (Å²) in [5, 5.41) is 4.42. The number of anilines is 1. The minimum Gasteiger partial charge on any atom is -0.397 e. The van der Waals surface area contributed by atoms with Crippen molar-refractivity contribution in [2.24, 2.45) is 0 Å². The number of nitrogen functional groups attached to an aromatic ring is 1. The quantitative estimate of drug-likeness (QED) is 0.836. The van der Waals surface area contributed by atoms with Gasteiger partial charge in [-0.05, 0) is 37.2 Å². The van der Waals surface area contributed by atoms with Crippen LogP contribution >= 0.6 is 0 Å². The van der Waals surface area contributed by atoms with Gasteiger partial charge in [-0.15, -0.1) is 0 Å². The van der Waals surface area contributed by atoms with E-state index in [9.17, 15) is 8.42 Å². The van der Waals surface area contributed by atoms with Gasteiger partial charge in [-0.2, -0.15) is 5.10 Å². The largest absolute Gasteiger partial charge is 0.397 e. The summed E-state index contributed by atoms with van der Waals surface area (Å²) in [5.74, 6) is 0.321. The summed E-state index contributed by atoms with van der Waals surface area (Å²) in [7, 11) is -2.12. The van der Waals surface area contributed by atoms with Crippen LogP contribution in [0, 0.1) is 0 Å². The monoisotopic (exact) mass is 294 g/mol. The number of hydrogen-bond acceptors (Lipinski definition) is 4. The number of sulfonamides is 1. The zero-order chi connectivity index (χ0) is 14.9. The van der Waals surface area contributed by atoms with Crippen LogP contribution in [0.1, 0.15) is 25.5 Å². The summed E-state index contributed by atoms with van der Waals surface area (Å²) < 4.78 is 27.3. The lowest BCUT2D eigenvalue weighted by atomic mass is 10.1. The van der Waals surface area contributed by atoms with E-state index in [0.29, 0.717) is 17.3 Å². The first kappa shape index (κ1) is 14.5. The fourth-order valence-electron chi connectivity index (χ4n) is 1.81. The highest BCUT2D eigenvalue weighted by atomic mass is 32.2. The molecule has 7 heteroatoms. The van der Waals surface area contributed by atoms with Crippen molar-refractivity contribution in [3.05, 3.63) is 36.2 Å². The molecule has 6 nitrogen and oxygen atoms in total. The Kier molecular flexibility index (Phi) is 3.82. The molecule has 0 spiro atoms. The molecule has 2 rings (SSSR count). The van der Waals surface area contributed by atoms with Crippen molar-refractivity contribution in [3.63, 3.8) is 0 Å². The second kappa shape index (κ2) is 5.26. The number of nitrogens with two attached hydrogens (primary N) is 1. The average Bonchev–Trinajstić information content (AvgIpc) is 2.88. The lowest BCUT2D eigenvalue weighted by Crippen LogP contribution is -2.19. The van der Waals surface area contributed by atoms with E-state index in [0.717, 1.165) is 5.69 Å². The molecule has 3 N–H and O–H groups in total. The van der Waals surface area contributed by atoms with Crippen LogP contribution in [0.4, 0.5) is 5.69 Å². The van der Waals surface area contributed by atoms with E-state index < -0.39 is 10.0 Å². The number of rotatable bonds is 4. The Hall–Kier alpha value is -1.86. The SMILES string of the molecule is CNS(=O)(=O)c1ccc(-n2ccc(C(C)C)n2)c(N)c1. The number of nitrogens with one attached hydrogen (secondary N) is 1. The molecule has 1 aromatic carbocycles. The van der Waals surface area contributed by atoms with Gasteiger partial charge in [0.05, 0.1) is 22.0 Å². The van der Waals surface area contributed by atoms with Crippen LogP contribution in [0.15, 0.2) is 35.4 Å². The minimum absolute atomic E-state index is 0.137. The molecule has 0 bridgehead atoms. The Labute approximate surface area is 118 Å². The molecule has 0 fully saturated rings. The fourth-order valence-corrected chi connectivity index (χ4v) is 2.57. The normalized spacial score (nSPS) is 12.0. The molecule has 0 saturated heterocycles. The predicted molar refractivity (Wildman–Crippen MR) is 78.3 cm³/mol. The van der Waals surface area contributed by atoms with E-state index in [4.69, 9.17) is 5.73 Å². The maximum absolute atomic E-state index is 11.7. The summed E-state index contributed by atoms with van der Waals surface area (Å²) >= 11 is 0. The Morgan fingerprint density at radius 3 is 2.50 bits per heavy atom. The third kappa shape index (κ3) is 2.68. The van der Waals surface area contributed by atoms with Gasteiger partial charge in [0, 0.05) is 6.20 Å².